The maximum absolute atomic E-state index is 13.7. The summed E-state index contributed by atoms with van der Waals surface area (Å²) in [6, 6.07) is 8.28. The van der Waals surface area contributed by atoms with Crippen molar-refractivity contribution < 1.29 is 27.9 Å². The van der Waals surface area contributed by atoms with Gasteiger partial charge < -0.3 is 5.11 Å². The SMILES string of the molecule is O=C(O)c1ccc(C=NNC(=O)c2ccccc2C(F)F)c(F)c1. The number of carbonyl (C=O) groups is 2. The van der Waals surface area contributed by atoms with Crippen molar-refractivity contribution in [3.8, 4) is 0 Å². The lowest BCUT2D eigenvalue weighted by molar-refractivity contribution is 0.0696. The van der Waals surface area contributed by atoms with Gasteiger partial charge in [-0.3, -0.25) is 4.79 Å². The highest BCUT2D eigenvalue weighted by atomic mass is 19.3. The molecule has 0 heterocycles. The molecule has 2 N–H and O–H groups in total. The van der Waals surface area contributed by atoms with Crippen LogP contribution in [-0.2, 0) is 0 Å². The molecule has 0 radical (unpaired) electrons. The molecule has 24 heavy (non-hydrogen) atoms. The van der Waals surface area contributed by atoms with E-state index < -0.39 is 29.7 Å². The lowest BCUT2D eigenvalue weighted by Crippen LogP contribution is -2.19. The average Bonchev–Trinajstić information content (AvgIpc) is 2.55. The first-order valence-corrected chi connectivity index (χ1v) is 6.63. The monoisotopic (exact) mass is 336 g/mol. The molecule has 0 spiro atoms. The number of nitrogens with zero attached hydrogens (tertiary/aromatic N) is 1. The maximum atomic E-state index is 13.7. The average molecular weight is 336 g/mol. The van der Waals surface area contributed by atoms with Gasteiger partial charge in [-0.05, 0) is 24.3 Å². The molecule has 0 saturated carbocycles. The number of benzene rings is 2. The number of aromatic carboxylic acids is 1. The number of carbonyl (C=O) groups excluding carboxylic acids is 1. The second-order valence-electron chi connectivity index (χ2n) is 4.63. The highest BCUT2D eigenvalue weighted by Gasteiger charge is 2.17. The summed E-state index contributed by atoms with van der Waals surface area (Å²) in [5.41, 5.74) is 1.03. The fourth-order valence-electron chi connectivity index (χ4n) is 1.88. The zero-order valence-corrected chi connectivity index (χ0v) is 12.0. The molecule has 0 atom stereocenters. The molecule has 2 aromatic carbocycles. The van der Waals surface area contributed by atoms with Crippen LogP contribution in [0.1, 0.15) is 38.3 Å². The highest BCUT2D eigenvalue weighted by molar-refractivity contribution is 5.96. The summed E-state index contributed by atoms with van der Waals surface area (Å²) in [6.45, 7) is 0. The molecule has 0 aliphatic heterocycles. The van der Waals surface area contributed by atoms with E-state index >= 15 is 0 Å². The van der Waals surface area contributed by atoms with Gasteiger partial charge in [0.25, 0.3) is 12.3 Å². The molecule has 8 heteroatoms. The van der Waals surface area contributed by atoms with Crippen molar-refractivity contribution in [1.82, 2.24) is 5.43 Å². The third-order valence-electron chi connectivity index (χ3n) is 3.06. The number of alkyl halides is 2. The fraction of sp³-hybridized carbons (Fsp3) is 0.0625. The molecule has 5 nitrogen and oxygen atoms in total. The Balaban J connectivity index is 2.12. The van der Waals surface area contributed by atoms with E-state index in [1.807, 2.05) is 5.43 Å². The number of carboxylic acids is 1. The van der Waals surface area contributed by atoms with Crippen molar-refractivity contribution in [1.29, 1.82) is 0 Å². The minimum Gasteiger partial charge on any atom is -0.478 e. The summed E-state index contributed by atoms with van der Waals surface area (Å²) in [5, 5.41) is 12.2. The van der Waals surface area contributed by atoms with E-state index in [1.165, 1.54) is 30.3 Å². The highest BCUT2D eigenvalue weighted by Crippen LogP contribution is 2.22. The van der Waals surface area contributed by atoms with Gasteiger partial charge in [-0.2, -0.15) is 5.10 Å². The normalized spacial score (nSPS) is 11.0. The van der Waals surface area contributed by atoms with Crippen molar-refractivity contribution in [2.24, 2.45) is 5.10 Å². The number of amides is 1. The number of hydrazone groups is 1. The zero-order chi connectivity index (χ0) is 17.7. The number of rotatable bonds is 5. The van der Waals surface area contributed by atoms with Crippen LogP contribution in [0.5, 0.6) is 0 Å². The standard InChI is InChI=1S/C16H11F3N2O3/c17-13-7-9(16(23)24)5-6-10(13)8-20-21-15(22)12-4-2-1-3-11(12)14(18)19/h1-8,14H,(H,21,22)(H,23,24). The Kier molecular flexibility index (Phi) is 5.31. The van der Waals surface area contributed by atoms with Gasteiger partial charge in [-0.15, -0.1) is 0 Å². The molecule has 0 aromatic heterocycles. The smallest absolute Gasteiger partial charge is 0.335 e. The van der Waals surface area contributed by atoms with Gasteiger partial charge in [-0.25, -0.2) is 23.4 Å². The Morgan fingerprint density at radius 1 is 1.17 bits per heavy atom. The van der Waals surface area contributed by atoms with Crippen molar-refractivity contribution >= 4 is 18.1 Å². The molecule has 0 saturated heterocycles. The van der Waals surface area contributed by atoms with Crippen molar-refractivity contribution in [3.63, 3.8) is 0 Å². The molecule has 0 aliphatic carbocycles. The largest absolute Gasteiger partial charge is 0.478 e. The van der Waals surface area contributed by atoms with Crippen LogP contribution in [0.25, 0.3) is 0 Å². The van der Waals surface area contributed by atoms with Gasteiger partial charge in [0.1, 0.15) is 5.82 Å². The van der Waals surface area contributed by atoms with E-state index in [1.54, 1.807) is 0 Å². The zero-order valence-electron chi connectivity index (χ0n) is 12.0. The van der Waals surface area contributed by atoms with Crippen molar-refractivity contribution in [2.45, 2.75) is 6.43 Å². The van der Waals surface area contributed by atoms with Crippen LogP contribution in [0.2, 0.25) is 0 Å². The Morgan fingerprint density at radius 2 is 1.88 bits per heavy atom. The summed E-state index contributed by atoms with van der Waals surface area (Å²) >= 11 is 0. The van der Waals surface area contributed by atoms with Gasteiger partial charge in [0.2, 0.25) is 0 Å². The molecule has 2 rings (SSSR count). The van der Waals surface area contributed by atoms with Gasteiger partial charge in [0.15, 0.2) is 0 Å². The first-order valence-electron chi connectivity index (χ1n) is 6.63. The summed E-state index contributed by atoms with van der Waals surface area (Å²) in [5.74, 6) is -3.00. The van der Waals surface area contributed by atoms with E-state index in [0.29, 0.717) is 0 Å². The van der Waals surface area contributed by atoms with Crippen LogP contribution in [-0.4, -0.2) is 23.2 Å². The third kappa shape index (κ3) is 3.97. The predicted molar refractivity (Wildman–Crippen MR) is 79.8 cm³/mol. The summed E-state index contributed by atoms with van der Waals surface area (Å²) < 4.78 is 39.3. The van der Waals surface area contributed by atoms with Crippen LogP contribution in [0.4, 0.5) is 13.2 Å². The van der Waals surface area contributed by atoms with Gasteiger partial charge in [-0.1, -0.05) is 18.2 Å². The Labute approximate surface area is 134 Å². The third-order valence-corrected chi connectivity index (χ3v) is 3.06. The van der Waals surface area contributed by atoms with Crippen LogP contribution in [0, 0.1) is 5.82 Å². The van der Waals surface area contributed by atoms with Crippen LogP contribution < -0.4 is 5.43 Å². The predicted octanol–water partition coefficient (Wildman–Crippen LogP) is 3.23. The molecular weight excluding hydrogens is 325 g/mol. The number of halogens is 3. The maximum Gasteiger partial charge on any atom is 0.335 e. The van der Waals surface area contributed by atoms with Gasteiger partial charge in [0, 0.05) is 11.1 Å². The fourth-order valence-corrected chi connectivity index (χ4v) is 1.88. The second-order valence-corrected chi connectivity index (χ2v) is 4.63. The van der Waals surface area contributed by atoms with Crippen LogP contribution in [0.15, 0.2) is 47.6 Å². The number of hydrogen-bond donors (Lipinski definition) is 2. The lowest BCUT2D eigenvalue weighted by Gasteiger charge is -2.06. The lowest BCUT2D eigenvalue weighted by atomic mass is 10.1. The topological polar surface area (TPSA) is 78.8 Å². The van der Waals surface area contributed by atoms with Gasteiger partial charge >= 0.3 is 5.97 Å². The molecule has 0 fully saturated rings. The first-order chi connectivity index (χ1) is 11.4. The van der Waals surface area contributed by atoms with E-state index in [4.69, 9.17) is 5.11 Å². The number of carboxylic acid groups (broad SMARTS) is 1. The molecule has 0 bridgehead atoms. The second kappa shape index (κ2) is 7.40. The first kappa shape index (κ1) is 17.2. The summed E-state index contributed by atoms with van der Waals surface area (Å²) in [4.78, 5) is 22.6. The molecular formula is C16H11F3N2O3. The van der Waals surface area contributed by atoms with E-state index in [0.717, 1.165) is 18.3 Å². The number of hydrogen-bond acceptors (Lipinski definition) is 3. The minimum absolute atomic E-state index is 0.0672. The Hall–Kier alpha value is -3.16. The van der Waals surface area contributed by atoms with Crippen LogP contribution in [0.3, 0.4) is 0 Å². The van der Waals surface area contributed by atoms with E-state index in [9.17, 15) is 22.8 Å². The molecule has 2 aromatic rings. The molecule has 0 unspecified atom stereocenters. The summed E-state index contributed by atoms with van der Waals surface area (Å²) in [7, 11) is 0. The Morgan fingerprint density at radius 3 is 2.50 bits per heavy atom. The molecule has 1 amide bonds. The van der Waals surface area contributed by atoms with Crippen molar-refractivity contribution in [2.75, 3.05) is 0 Å². The minimum atomic E-state index is -2.82. The van der Waals surface area contributed by atoms with E-state index in [2.05, 4.69) is 5.10 Å². The van der Waals surface area contributed by atoms with E-state index in [-0.39, 0.29) is 16.7 Å². The Bertz CT molecular complexity index is 807. The number of nitrogens with one attached hydrogen (secondary N) is 1. The molecule has 124 valence electrons. The van der Waals surface area contributed by atoms with Gasteiger partial charge in [0.05, 0.1) is 17.3 Å². The van der Waals surface area contributed by atoms with Crippen LogP contribution >= 0.6 is 0 Å². The molecule has 0 aliphatic rings. The summed E-state index contributed by atoms with van der Waals surface area (Å²) in [6.07, 6.45) is -1.87. The van der Waals surface area contributed by atoms with Crippen molar-refractivity contribution in [3.05, 3.63) is 70.5 Å². The quantitative estimate of drug-likeness (QED) is 0.650.